The van der Waals surface area contributed by atoms with Gasteiger partial charge in [-0.25, -0.2) is 0 Å². The molecule has 1 unspecified atom stereocenters. The minimum absolute atomic E-state index is 0.132. The van der Waals surface area contributed by atoms with E-state index in [1.54, 1.807) is 0 Å². The van der Waals surface area contributed by atoms with Gasteiger partial charge in [0, 0.05) is 26.1 Å². The first kappa shape index (κ1) is 13.5. The van der Waals surface area contributed by atoms with Crippen molar-refractivity contribution in [3.05, 3.63) is 0 Å². The largest absolute Gasteiger partial charge is 0.346 e. The molecule has 1 rings (SSSR count). The van der Waals surface area contributed by atoms with Crippen molar-refractivity contribution in [1.29, 1.82) is 0 Å². The molecular weight excluding hydrogens is 200 g/mol. The van der Waals surface area contributed by atoms with Crippen molar-refractivity contribution in [3.8, 4) is 0 Å². The molecule has 0 spiro atoms. The third-order valence-electron chi connectivity index (χ3n) is 3.59. The van der Waals surface area contributed by atoms with E-state index in [-0.39, 0.29) is 11.9 Å². The lowest BCUT2D eigenvalue weighted by Crippen LogP contribution is -2.30. The number of rotatable bonds is 6. The monoisotopic (exact) mass is 226 g/mol. The Bertz CT molecular complexity index is 210. The van der Waals surface area contributed by atoms with Crippen LogP contribution in [0.3, 0.4) is 0 Å². The first-order chi connectivity index (χ1) is 7.59. The van der Waals surface area contributed by atoms with Gasteiger partial charge in [0.2, 0.25) is 5.91 Å². The molecule has 3 nitrogen and oxygen atoms in total. The molecule has 0 radical (unpaired) electrons. The Kier molecular flexibility index (Phi) is 5.81. The molecule has 0 aromatic rings. The summed E-state index contributed by atoms with van der Waals surface area (Å²) in [6, 6.07) is 0.132. The van der Waals surface area contributed by atoms with Gasteiger partial charge in [-0.15, -0.1) is 0 Å². The number of amides is 1. The van der Waals surface area contributed by atoms with Crippen LogP contribution in [-0.4, -0.2) is 30.4 Å². The summed E-state index contributed by atoms with van der Waals surface area (Å²) in [5.41, 5.74) is 5.64. The molecule has 0 aromatic heterocycles. The zero-order valence-electron chi connectivity index (χ0n) is 10.7. The highest BCUT2D eigenvalue weighted by atomic mass is 16.2. The summed E-state index contributed by atoms with van der Waals surface area (Å²) >= 11 is 0. The Morgan fingerprint density at radius 1 is 1.44 bits per heavy atom. The molecule has 16 heavy (non-hydrogen) atoms. The Morgan fingerprint density at radius 2 is 2.06 bits per heavy atom. The molecule has 2 N–H and O–H groups in total. The van der Waals surface area contributed by atoms with E-state index in [1.165, 1.54) is 32.1 Å². The van der Waals surface area contributed by atoms with Gasteiger partial charge in [-0.2, -0.15) is 0 Å². The average molecular weight is 226 g/mol. The predicted molar refractivity (Wildman–Crippen MR) is 67.1 cm³/mol. The lowest BCUT2D eigenvalue weighted by atomic mass is 10.0. The van der Waals surface area contributed by atoms with Crippen LogP contribution in [0, 0.1) is 5.92 Å². The summed E-state index contributed by atoms with van der Waals surface area (Å²) in [6.07, 6.45) is 8.07. The number of hydrogen-bond donors (Lipinski definition) is 1. The molecule has 0 aliphatic heterocycles. The number of carbonyl (C=O) groups is 1. The predicted octanol–water partition coefficient (Wildman–Crippen LogP) is 2.15. The fourth-order valence-corrected chi connectivity index (χ4v) is 2.34. The van der Waals surface area contributed by atoms with Crippen molar-refractivity contribution in [3.63, 3.8) is 0 Å². The van der Waals surface area contributed by atoms with Crippen LogP contribution >= 0.6 is 0 Å². The number of nitrogens with two attached hydrogens (primary N) is 1. The van der Waals surface area contributed by atoms with Crippen molar-refractivity contribution < 1.29 is 4.79 Å². The van der Waals surface area contributed by atoms with E-state index in [4.69, 9.17) is 5.73 Å². The molecule has 1 aliphatic carbocycles. The van der Waals surface area contributed by atoms with E-state index in [1.807, 2.05) is 18.9 Å². The molecule has 1 saturated carbocycles. The van der Waals surface area contributed by atoms with E-state index in [0.29, 0.717) is 6.42 Å². The Labute approximate surface area is 99.4 Å². The topological polar surface area (TPSA) is 46.3 Å². The Morgan fingerprint density at radius 3 is 2.62 bits per heavy atom. The van der Waals surface area contributed by atoms with E-state index in [0.717, 1.165) is 18.9 Å². The van der Waals surface area contributed by atoms with Gasteiger partial charge in [0.25, 0.3) is 0 Å². The summed E-state index contributed by atoms with van der Waals surface area (Å²) in [6.45, 7) is 2.87. The van der Waals surface area contributed by atoms with Crippen molar-refractivity contribution in [1.82, 2.24) is 4.90 Å². The molecule has 1 atom stereocenters. The van der Waals surface area contributed by atoms with Crippen LogP contribution in [-0.2, 0) is 4.79 Å². The molecule has 1 fully saturated rings. The number of hydrogen-bond acceptors (Lipinski definition) is 2. The molecule has 0 aromatic carbocycles. The lowest BCUT2D eigenvalue weighted by Gasteiger charge is -2.19. The molecule has 3 heteroatoms. The Balaban J connectivity index is 2.12. The van der Waals surface area contributed by atoms with Crippen LogP contribution in [0.2, 0.25) is 0 Å². The summed E-state index contributed by atoms with van der Waals surface area (Å²) in [4.78, 5) is 13.6. The second-order valence-electron chi connectivity index (χ2n) is 5.27. The van der Waals surface area contributed by atoms with Crippen molar-refractivity contribution in [2.45, 2.75) is 57.9 Å². The maximum atomic E-state index is 11.7. The minimum atomic E-state index is 0.132. The summed E-state index contributed by atoms with van der Waals surface area (Å²) < 4.78 is 0. The quantitative estimate of drug-likeness (QED) is 0.754. The fourth-order valence-electron chi connectivity index (χ4n) is 2.34. The molecule has 0 bridgehead atoms. The lowest BCUT2D eigenvalue weighted by molar-refractivity contribution is -0.130. The van der Waals surface area contributed by atoms with E-state index in [9.17, 15) is 4.79 Å². The summed E-state index contributed by atoms with van der Waals surface area (Å²) in [7, 11) is 1.92. The smallest absolute Gasteiger partial charge is 0.222 e. The van der Waals surface area contributed by atoms with Crippen LogP contribution in [0.25, 0.3) is 0 Å². The fraction of sp³-hybridized carbons (Fsp3) is 0.923. The van der Waals surface area contributed by atoms with Crippen molar-refractivity contribution in [2.24, 2.45) is 11.7 Å². The van der Waals surface area contributed by atoms with Gasteiger partial charge in [-0.3, -0.25) is 4.79 Å². The minimum Gasteiger partial charge on any atom is -0.346 e. The van der Waals surface area contributed by atoms with Crippen LogP contribution in [0.5, 0.6) is 0 Å². The van der Waals surface area contributed by atoms with Gasteiger partial charge in [-0.05, 0) is 25.7 Å². The van der Waals surface area contributed by atoms with Gasteiger partial charge in [0.05, 0.1) is 0 Å². The van der Waals surface area contributed by atoms with Crippen molar-refractivity contribution in [2.75, 3.05) is 13.6 Å². The second kappa shape index (κ2) is 6.89. The highest BCUT2D eigenvalue weighted by Crippen LogP contribution is 2.27. The van der Waals surface area contributed by atoms with Gasteiger partial charge < -0.3 is 10.6 Å². The van der Waals surface area contributed by atoms with Gasteiger partial charge >= 0.3 is 0 Å². The van der Waals surface area contributed by atoms with E-state index in [2.05, 4.69) is 0 Å². The molecule has 1 amide bonds. The summed E-state index contributed by atoms with van der Waals surface area (Å²) in [5.74, 6) is 1.11. The third-order valence-corrected chi connectivity index (χ3v) is 3.59. The molecule has 94 valence electrons. The standard InChI is InChI=1S/C13H26N2O/c1-11(14)7-8-13(16)15(2)10-9-12-5-3-4-6-12/h11-12H,3-10,14H2,1-2H3. The molecule has 0 saturated heterocycles. The van der Waals surface area contributed by atoms with Crippen molar-refractivity contribution >= 4 is 5.91 Å². The van der Waals surface area contributed by atoms with E-state index >= 15 is 0 Å². The maximum absolute atomic E-state index is 11.7. The van der Waals surface area contributed by atoms with Crippen LogP contribution < -0.4 is 5.73 Å². The van der Waals surface area contributed by atoms with Crippen LogP contribution in [0.1, 0.15) is 51.9 Å². The van der Waals surface area contributed by atoms with Gasteiger partial charge in [0.1, 0.15) is 0 Å². The zero-order valence-corrected chi connectivity index (χ0v) is 10.7. The zero-order chi connectivity index (χ0) is 12.0. The average Bonchev–Trinajstić information content (AvgIpc) is 2.75. The highest BCUT2D eigenvalue weighted by molar-refractivity contribution is 5.75. The van der Waals surface area contributed by atoms with Crippen LogP contribution in [0.15, 0.2) is 0 Å². The summed E-state index contributed by atoms with van der Waals surface area (Å²) in [5, 5.41) is 0. The number of carbonyl (C=O) groups excluding carboxylic acids is 1. The van der Waals surface area contributed by atoms with Gasteiger partial charge in [0.15, 0.2) is 0 Å². The normalized spacial score (nSPS) is 18.7. The molecule has 1 aliphatic rings. The third kappa shape index (κ3) is 4.97. The molecular formula is C13H26N2O. The van der Waals surface area contributed by atoms with Gasteiger partial charge in [-0.1, -0.05) is 25.7 Å². The first-order valence-corrected chi connectivity index (χ1v) is 6.59. The highest BCUT2D eigenvalue weighted by Gasteiger charge is 2.16. The Hall–Kier alpha value is -0.570. The molecule has 0 heterocycles. The van der Waals surface area contributed by atoms with E-state index < -0.39 is 0 Å². The maximum Gasteiger partial charge on any atom is 0.222 e. The first-order valence-electron chi connectivity index (χ1n) is 6.59. The SMILES string of the molecule is CC(N)CCC(=O)N(C)CCC1CCCC1. The number of nitrogens with zero attached hydrogens (tertiary/aromatic N) is 1. The second-order valence-corrected chi connectivity index (χ2v) is 5.27. The van der Waals surface area contributed by atoms with Crippen LogP contribution in [0.4, 0.5) is 0 Å².